The molecule has 1 rings (SSSR count). The molecular formula is C13H16N2O. The van der Waals surface area contributed by atoms with E-state index in [1.807, 2.05) is 37.3 Å². The first-order valence-corrected chi connectivity index (χ1v) is 5.16. The Kier molecular flexibility index (Phi) is 4.48. The molecule has 1 aromatic carbocycles. The Balaban J connectivity index is 2.75. The van der Waals surface area contributed by atoms with Crippen molar-refractivity contribution in [3.8, 4) is 0 Å². The molecule has 0 saturated heterocycles. The number of nitrogens with two attached hydrogens (primary N) is 1. The highest BCUT2D eigenvalue weighted by molar-refractivity contribution is 5.93. The summed E-state index contributed by atoms with van der Waals surface area (Å²) >= 11 is 0. The molecule has 0 aliphatic rings. The summed E-state index contributed by atoms with van der Waals surface area (Å²) < 4.78 is 0. The van der Waals surface area contributed by atoms with Crippen LogP contribution in [0.4, 0.5) is 0 Å². The van der Waals surface area contributed by atoms with Crippen molar-refractivity contribution < 1.29 is 4.79 Å². The van der Waals surface area contributed by atoms with Crippen LogP contribution in [0.3, 0.4) is 0 Å². The number of carbonyl (C=O) groups is 1. The van der Waals surface area contributed by atoms with Crippen LogP contribution in [0.15, 0.2) is 49.1 Å². The third-order valence-electron chi connectivity index (χ3n) is 2.13. The summed E-state index contributed by atoms with van der Waals surface area (Å²) in [5.74, 6) is 5.40. The molecule has 1 aromatic rings. The molecule has 3 nitrogen and oxygen atoms in total. The maximum Gasteiger partial charge on any atom is 0.264 e. The van der Waals surface area contributed by atoms with E-state index < -0.39 is 0 Å². The summed E-state index contributed by atoms with van der Waals surface area (Å²) in [5.41, 5.74) is 1.33. The van der Waals surface area contributed by atoms with Crippen molar-refractivity contribution in [3.63, 3.8) is 0 Å². The molecule has 16 heavy (non-hydrogen) atoms. The zero-order valence-corrected chi connectivity index (χ0v) is 9.39. The third-order valence-corrected chi connectivity index (χ3v) is 2.13. The Labute approximate surface area is 95.8 Å². The fourth-order valence-electron chi connectivity index (χ4n) is 1.20. The number of nitrogens with zero attached hydrogens (tertiary/aromatic N) is 1. The first kappa shape index (κ1) is 12.2. The summed E-state index contributed by atoms with van der Waals surface area (Å²) in [4.78, 5) is 11.6. The molecule has 1 amide bonds. The maximum atomic E-state index is 11.6. The maximum absolute atomic E-state index is 11.6. The molecular weight excluding hydrogens is 200 g/mol. The van der Waals surface area contributed by atoms with Gasteiger partial charge in [0.1, 0.15) is 0 Å². The lowest BCUT2D eigenvalue weighted by atomic mass is 10.2. The van der Waals surface area contributed by atoms with Crippen molar-refractivity contribution in [3.05, 3.63) is 54.6 Å². The largest absolute Gasteiger partial charge is 0.268 e. The number of hydrogen-bond acceptors (Lipinski definition) is 2. The summed E-state index contributed by atoms with van der Waals surface area (Å²) in [6, 6.07) is 9.37. The summed E-state index contributed by atoms with van der Waals surface area (Å²) in [5, 5.41) is 1.06. The average Bonchev–Trinajstić information content (AvgIpc) is 2.35. The SMILES string of the molecule is C=C(c1ccccc1)N(N)C(=O)/C=C\CC. The second-order valence-electron chi connectivity index (χ2n) is 3.33. The lowest BCUT2D eigenvalue weighted by Crippen LogP contribution is -2.34. The first-order chi connectivity index (χ1) is 7.66. The molecule has 84 valence electrons. The van der Waals surface area contributed by atoms with Gasteiger partial charge in [0.05, 0.1) is 5.70 Å². The zero-order chi connectivity index (χ0) is 12.0. The minimum absolute atomic E-state index is 0.268. The van der Waals surface area contributed by atoms with E-state index in [4.69, 9.17) is 5.84 Å². The molecule has 0 fully saturated rings. The molecule has 0 radical (unpaired) electrons. The fourth-order valence-corrected chi connectivity index (χ4v) is 1.20. The highest BCUT2D eigenvalue weighted by Gasteiger charge is 2.10. The standard InChI is InChI=1S/C13H16N2O/c1-3-4-10-13(16)15(14)11(2)12-8-6-5-7-9-12/h4-10H,2-3,14H2,1H3/b10-4-. The van der Waals surface area contributed by atoms with E-state index in [0.29, 0.717) is 5.70 Å². The van der Waals surface area contributed by atoms with Gasteiger partial charge in [0.2, 0.25) is 0 Å². The normalized spacial score (nSPS) is 10.4. The Hall–Kier alpha value is -1.87. The zero-order valence-electron chi connectivity index (χ0n) is 9.39. The predicted molar refractivity (Wildman–Crippen MR) is 65.9 cm³/mol. The van der Waals surface area contributed by atoms with Gasteiger partial charge in [0.15, 0.2) is 0 Å². The molecule has 3 heteroatoms. The number of hydrogen-bond donors (Lipinski definition) is 1. The monoisotopic (exact) mass is 216 g/mol. The number of amides is 1. The Bertz CT molecular complexity index is 396. The molecule has 2 N–H and O–H groups in total. The van der Waals surface area contributed by atoms with Crippen LogP contribution in [-0.2, 0) is 4.79 Å². The number of benzene rings is 1. The van der Waals surface area contributed by atoms with E-state index in [1.165, 1.54) is 6.08 Å². The summed E-state index contributed by atoms with van der Waals surface area (Å²) in [6.07, 6.45) is 4.02. The van der Waals surface area contributed by atoms with Crippen molar-refractivity contribution in [2.24, 2.45) is 5.84 Å². The minimum Gasteiger partial charge on any atom is -0.268 e. The molecule has 0 aliphatic heterocycles. The number of rotatable bonds is 4. The molecule has 0 bridgehead atoms. The molecule has 0 aromatic heterocycles. The lowest BCUT2D eigenvalue weighted by molar-refractivity contribution is -0.123. The van der Waals surface area contributed by atoms with Gasteiger partial charge in [0, 0.05) is 6.08 Å². The van der Waals surface area contributed by atoms with Crippen LogP contribution >= 0.6 is 0 Å². The first-order valence-electron chi connectivity index (χ1n) is 5.16. The van der Waals surface area contributed by atoms with Crippen LogP contribution in [0.1, 0.15) is 18.9 Å². The second-order valence-corrected chi connectivity index (χ2v) is 3.33. The van der Waals surface area contributed by atoms with Crippen LogP contribution in [-0.4, -0.2) is 10.9 Å². The van der Waals surface area contributed by atoms with Gasteiger partial charge in [-0.1, -0.05) is 49.9 Å². The van der Waals surface area contributed by atoms with Crippen molar-refractivity contribution in [1.29, 1.82) is 0 Å². The Morgan fingerprint density at radius 3 is 2.62 bits per heavy atom. The van der Waals surface area contributed by atoms with Crippen molar-refractivity contribution in [2.45, 2.75) is 13.3 Å². The predicted octanol–water partition coefficient (Wildman–Crippen LogP) is 2.33. The summed E-state index contributed by atoms with van der Waals surface area (Å²) in [6.45, 7) is 5.76. The minimum atomic E-state index is -0.268. The Morgan fingerprint density at radius 2 is 2.06 bits per heavy atom. The van der Waals surface area contributed by atoms with Gasteiger partial charge in [-0.3, -0.25) is 4.79 Å². The highest BCUT2D eigenvalue weighted by atomic mass is 16.2. The van der Waals surface area contributed by atoms with Gasteiger partial charge in [-0.05, 0) is 12.0 Å². The van der Waals surface area contributed by atoms with Gasteiger partial charge in [-0.15, -0.1) is 0 Å². The quantitative estimate of drug-likeness (QED) is 0.363. The van der Waals surface area contributed by atoms with Gasteiger partial charge in [-0.2, -0.15) is 0 Å². The topological polar surface area (TPSA) is 46.3 Å². The van der Waals surface area contributed by atoms with E-state index in [-0.39, 0.29) is 5.91 Å². The van der Waals surface area contributed by atoms with Crippen molar-refractivity contribution >= 4 is 11.6 Å². The van der Waals surface area contributed by atoms with Gasteiger partial charge < -0.3 is 0 Å². The third kappa shape index (κ3) is 3.07. The van der Waals surface area contributed by atoms with Gasteiger partial charge >= 0.3 is 0 Å². The Morgan fingerprint density at radius 1 is 1.44 bits per heavy atom. The molecule has 0 atom stereocenters. The van der Waals surface area contributed by atoms with E-state index >= 15 is 0 Å². The van der Waals surface area contributed by atoms with E-state index in [0.717, 1.165) is 17.0 Å². The van der Waals surface area contributed by atoms with Crippen LogP contribution in [0, 0.1) is 0 Å². The van der Waals surface area contributed by atoms with Crippen molar-refractivity contribution in [2.75, 3.05) is 0 Å². The van der Waals surface area contributed by atoms with Crippen LogP contribution in [0.2, 0.25) is 0 Å². The van der Waals surface area contributed by atoms with Gasteiger partial charge in [-0.25, -0.2) is 10.9 Å². The van der Waals surface area contributed by atoms with Crippen LogP contribution < -0.4 is 5.84 Å². The molecule has 0 aliphatic carbocycles. The van der Waals surface area contributed by atoms with E-state index in [2.05, 4.69) is 6.58 Å². The summed E-state index contributed by atoms with van der Waals surface area (Å²) in [7, 11) is 0. The number of carbonyl (C=O) groups excluding carboxylic acids is 1. The van der Waals surface area contributed by atoms with Crippen LogP contribution in [0.25, 0.3) is 5.70 Å². The van der Waals surface area contributed by atoms with E-state index in [9.17, 15) is 4.79 Å². The smallest absolute Gasteiger partial charge is 0.264 e. The fraction of sp³-hybridized carbons (Fsp3) is 0.154. The molecule has 0 heterocycles. The molecule has 0 spiro atoms. The van der Waals surface area contributed by atoms with Gasteiger partial charge in [0.25, 0.3) is 5.91 Å². The highest BCUT2D eigenvalue weighted by Crippen LogP contribution is 2.13. The molecule has 0 saturated carbocycles. The average molecular weight is 216 g/mol. The lowest BCUT2D eigenvalue weighted by Gasteiger charge is -2.17. The van der Waals surface area contributed by atoms with E-state index in [1.54, 1.807) is 6.08 Å². The number of hydrazine groups is 1. The second kappa shape index (κ2) is 5.88. The van der Waals surface area contributed by atoms with Crippen molar-refractivity contribution in [1.82, 2.24) is 5.01 Å². The van der Waals surface area contributed by atoms with Crippen LogP contribution in [0.5, 0.6) is 0 Å². The molecule has 0 unspecified atom stereocenters. The number of allylic oxidation sites excluding steroid dienone is 1.